The van der Waals surface area contributed by atoms with E-state index in [4.69, 9.17) is 14.2 Å². The summed E-state index contributed by atoms with van der Waals surface area (Å²) in [5.41, 5.74) is 2.84. The van der Waals surface area contributed by atoms with Crippen LogP contribution in [0.4, 0.5) is 5.69 Å². The molecule has 0 aromatic heterocycles. The third kappa shape index (κ3) is 4.53. The van der Waals surface area contributed by atoms with E-state index in [1.54, 1.807) is 48.5 Å². The second-order valence-electron chi connectivity index (χ2n) is 8.65. The Morgan fingerprint density at radius 1 is 0.919 bits per heavy atom. The van der Waals surface area contributed by atoms with Crippen molar-refractivity contribution in [3.63, 3.8) is 0 Å². The van der Waals surface area contributed by atoms with E-state index >= 15 is 0 Å². The molecule has 4 rings (SSSR count). The summed E-state index contributed by atoms with van der Waals surface area (Å²) in [6.45, 7) is 3.69. The molecule has 1 amide bonds. The van der Waals surface area contributed by atoms with Gasteiger partial charge in [-0.3, -0.25) is 14.5 Å². The number of nitrogens with zero attached hydrogens (tertiary/aromatic N) is 1. The van der Waals surface area contributed by atoms with Crippen LogP contribution in [-0.2, 0) is 14.3 Å². The van der Waals surface area contributed by atoms with Gasteiger partial charge in [0.2, 0.25) is 0 Å². The average molecular weight is 502 g/mol. The van der Waals surface area contributed by atoms with Gasteiger partial charge in [-0.1, -0.05) is 24.3 Å². The van der Waals surface area contributed by atoms with E-state index in [1.165, 1.54) is 32.3 Å². The molecule has 0 radical (unpaired) electrons. The van der Waals surface area contributed by atoms with Gasteiger partial charge in [0.1, 0.15) is 17.3 Å². The van der Waals surface area contributed by atoms with Crippen molar-refractivity contribution in [1.82, 2.24) is 0 Å². The van der Waals surface area contributed by atoms with Crippen LogP contribution in [0.3, 0.4) is 0 Å². The fourth-order valence-corrected chi connectivity index (χ4v) is 4.67. The molecule has 1 unspecified atom stereocenters. The van der Waals surface area contributed by atoms with E-state index < -0.39 is 23.7 Å². The fraction of sp³-hybridized carbons (Fsp3) is 0.207. The molecule has 0 saturated carbocycles. The van der Waals surface area contributed by atoms with Crippen LogP contribution in [0.25, 0.3) is 5.76 Å². The van der Waals surface area contributed by atoms with Gasteiger partial charge < -0.3 is 19.3 Å². The Kier molecular flexibility index (Phi) is 7.02. The van der Waals surface area contributed by atoms with E-state index in [9.17, 15) is 19.5 Å². The quantitative estimate of drug-likeness (QED) is 0.225. The predicted molar refractivity (Wildman–Crippen MR) is 138 cm³/mol. The van der Waals surface area contributed by atoms with Gasteiger partial charge in [0.15, 0.2) is 0 Å². The van der Waals surface area contributed by atoms with E-state index in [0.717, 1.165) is 11.1 Å². The van der Waals surface area contributed by atoms with Gasteiger partial charge in [0.05, 0.1) is 44.1 Å². The van der Waals surface area contributed by atoms with Crippen molar-refractivity contribution in [2.75, 3.05) is 26.2 Å². The second kappa shape index (κ2) is 10.2. The van der Waals surface area contributed by atoms with Gasteiger partial charge in [-0.15, -0.1) is 0 Å². The monoisotopic (exact) mass is 501 g/mol. The van der Waals surface area contributed by atoms with Gasteiger partial charge in [-0.2, -0.15) is 0 Å². The number of ether oxygens (including phenoxy) is 3. The highest BCUT2D eigenvalue weighted by Crippen LogP contribution is 2.44. The molecule has 190 valence electrons. The summed E-state index contributed by atoms with van der Waals surface area (Å²) in [7, 11) is 4.25. The number of hydrogen-bond acceptors (Lipinski definition) is 7. The lowest BCUT2D eigenvalue weighted by atomic mass is 9.93. The molecule has 37 heavy (non-hydrogen) atoms. The first-order valence-corrected chi connectivity index (χ1v) is 11.5. The maximum Gasteiger partial charge on any atom is 0.337 e. The van der Waals surface area contributed by atoms with Gasteiger partial charge in [-0.25, -0.2) is 4.79 Å². The van der Waals surface area contributed by atoms with Crippen LogP contribution in [0.1, 0.15) is 38.7 Å². The predicted octanol–water partition coefficient (Wildman–Crippen LogP) is 4.73. The summed E-state index contributed by atoms with van der Waals surface area (Å²) < 4.78 is 15.7. The number of aryl methyl sites for hydroxylation is 2. The Hall–Kier alpha value is -4.59. The van der Waals surface area contributed by atoms with Crippen molar-refractivity contribution in [3.05, 3.63) is 94.1 Å². The summed E-state index contributed by atoms with van der Waals surface area (Å²) in [5, 5.41) is 11.6. The van der Waals surface area contributed by atoms with E-state index in [2.05, 4.69) is 0 Å². The first-order valence-electron chi connectivity index (χ1n) is 11.5. The van der Waals surface area contributed by atoms with Crippen LogP contribution >= 0.6 is 0 Å². The normalized spacial score (nSPS) is 16.6. The number of hydrogen-bond donors (Lipinski definition) is 1. The number of ketones is 1. The number of aliphatic hydroxyl groups is 1. The second-order valence-corrected chi connectivity index (χ2v) is 8.65. The standard InChI is InChI=1S/C29H27NO7/c1-16-12-17(2)27(36-4)22(13-16)25(31)23-24(18-8-7-11-21(15-18)35-3)30(28(33)26(23)32)20-10-6-9-19(14-20)29(34)37-5/h6-15,24,31H,1-5H3/b25-23+. The maximum absolute atomic E-state index is 13.5. The minimum Gasteiger partial charge on any atom is -0.507 e. The van der Waals surface area contributed by atoms with Gasteiger partial charge >= 0.3 is 5.97 Å². The summed E-state index contributed by atoms with van der Waals surface area (Å²) in [6, 6.07) is 15.7. The fourth-order valence-electron chi connectivity index (χ4n) is 4.67. The van der Waals surface area contributed by atoms with Gasteiger partial charge in [0.25, 0.3) is 11.7 Å². The van der Waals surface area contributed by atoms with Crippen molar-refractivity contribution in [3.8, 4) is 11.5 Å². The Morgan fingerprint density at radius 2 is 1.65 bits per heavy atom. The summed E-state index contributed by atoms with van der Waals surface area (Å²) in [4.78, 5) is 40.4. The first-order chi connectivity index (χ1) is 17.7. The highest BCUT2D eigenvalue weighted by molar-refractivity contribution is 6.51. The number of Topliss-reactive ketones (excluding diaryl/α,β-unsaturated/α-hetero) is 1. The lowest BCUT2D eigenvalue weighted by Gasteiger charge is -2.26. The maximum atomic E-state index is 13.5. The molecule has 0 bridgehead atoms. The van der Waals surface area contributed by atoms with Gasteiger partial charge in [-0.05, 0) is 66.9 Å². The summed E-state index contributed by atoms with van der Waals surface area (Å²) >= 11 is 0. The molecule has 3 aromatic rings. The van der Waals surface area contributed by atoms with E-state index in [-0.39, 0.29) is 16.9 Å². The number of benzene rings is 3. The van der Waals surface area contributed by atoms with E-state index in [1.807, 2.05) is 19.9 Å². The summed E-state index contributed by atoms with van der Waals surface area (Å²) in [5.74, 6) is -1.76. The first kappa shape index (κ1) is 25.5. The number of methoxy groups -OCH3 is 3. The van der Waals surface area contributed by atoms with Crippen molar-refractivity contribution in [2.45, 2.75) is 19.9 Å². The molecule has 0 aliphatic carbocycles. The highest BCUT2D eigenvalue weighted by Gasteiger charge is 2.47. The van der Waals surface area contributed by atoms with Crippen LogP contribution in [-0.4, -0.2) is 44.1 Å². The molecule has 1 atom stereocenters. The zero-order valence-electron chi connectivity index (χ0n) is 21.2. The minimum atomic E-state index is -1.01. The number of carbonyl (C=O) groups excluding carboxylic acids is 3. The van der Waals surface area contributed by atoms with Crippen LogP contribution < -0.4 is 14.4 Å². The number of aliphatic hydroxyl groups excluding tert-OH is 1. The Balaban J connectivity index is 2.01. The highest BCUT2D eigenvalue weighted by atomic mass is 16.5. The number of amides is 1. The average Bonchev–Trinajstić information content (AvgIpc) is 3.17. The Labute approximate surface area is 214 Å². The van der Waals surface area contributed by atoms with Crippen LogP contribution in [0.5, 0.6) is 11.5 Å². The smallest absolute Gasteiger partial charge is 0.337 e. The van der Waals surface area contributed by atoms with Crippen LogP contribution in [0.15, 0.2) is 66.2 Å². The number of carbonyl (C=O) groups is 3. The number of esters is 1. The molecule has 1 fully saturated rings. The van der Waals surface area contributed by atoms with Crippen molar-refractivity contribution < 1.29 is 33.7 Å². The molecule has 1 N–H and O–H groups in total. The third-order valence-corrected chi connectivity index (χ3v) is 6.28. The van der Waals surface area contributed by atoms with Crippen molar-refractivity contribution in [1.29, 1.82) is 0 Å². The number of anilines is 1. The SMILES string of the molecule is COC(=O)c1cccc(N2C(=O)C(=O)/C(=C(/O)c3cc(C)cc(C)c3OC)C2c2cccc(OC)c2)c1. The Bertz CT molecular complexity index is 1440. The Morgan fingerprint density at radius 3 is 2.32 bits per heavy atom. The van der Waals surface area contributed by atoms with E-state index in [0.29, 0.717) is 28.3 Å². The third-order valence-electron chi connectivity index (χ3n) is 6.28. The number of rotatable bonds is 6. The molecule has 3 aromatic carbocycles. The lowest BCUT2D eigenvalue weighted by Crippen LogP contribution is -2.29. The molecular formula is C29H27NO7. The zero-order chi connectivity index (χ0) is 26.9. The molecular weight excluding hydrogens is 474 g/mol. The lowest BCUT2D eigenvalue weighted by molar-refractivity contribution is -0.132. The zero-order valence-corrected chi connectivity index (χ0v) is 21.2. The van der Waals surface area contributed by atoms with Crippen molar-refractivity contribution in [2.24, 2.45) is 0 Å². The topological polar surface area (TPSA) is 102 Å². The molecule has 1 saturated heterocycles. The molecule has 1 heterocycles. The van der Waals surface area contributed by atoms with Crippen LogP contribution in [0.2, 0.25) is 0 Å². The molecule has 8 heteroatoms. The molecule has 1 aliphatic rings. The molecule has 0 spiro atoms. The summed E-state index contributed by atoms with van der Waals surface area (Å²) in [6.07, 6.45) is 0. The minimum absolute atomic E-state index is 0.106. The molecule has 8 nitrogen and oxygen atoms in total. The largest absolute Gasteiger partial charge is 0.507 e. The molecule has 1 aliphatic heterocycles. The van der Waals surface area contributed by atoms with Crippen LogP contribution in [0, 0.1) is 13.8 Å². The van der Waals surface area contributed by atoms with Crippen molar-refractivity contribution >= 4 is 29.1 Å². The van der Waals surface area contributed by atoms with Gasteiger partial charge in [0, 0.05) is 5.69 Å².